The van der Waals surface area contributed by atoms with E-state index in [2.05, 4.69) is 21.3 Å². The summed E-state index contributed by atoms with van der Waals surface area (Å²) in [5.41, 5.74) is 3.68. The van der Waals surface area contributed by atoms with Crippen molar-refractivity contribution in [2.45, 2.75) is 18.5 Å². The Hall–Kier alpha value is -3.96. The Balaban J connectivity index is 1.64. The predicted molar refractivity (Wildman–Crippen MR) is 129 cm³/mol. The molecule has 1 amide bonds. The van der Waals surface area contributed by atoms with Crippen molar-refractivity contribution in [1.29, 1.82) is 5.26 Å². The van der Waals surface area contributed by atoms with Gasteiger partial charge in [-0.3, -0.25) is 14.3 Å². The molecule has 0 radical (unpaired) electrons. The quantitative estimate of drug-likeness (QED) is 0.359. The first kappa shape index (κ1) is 22.2. The number of nitrogens with zero attached hydrogens (tertiary/aromatic N) is 6. The highest BCUT2D eigenvalue weighted by Crippen LogP contribution is 2.29. The largest absolute Gasteiger partial charge is 0.311 e. The highest BCUT2D eigenvalue weighted by atomic mass is 32.2. The molecule has 0 saturated carbocycles. The van der Waals surface area contributed by atoms with E-state index in [1.165, 1.54) is 11.8 Å². The average Bonchev–Trinajstić information content (AvgIpc) is 3.28. The van der Waals surface area contributed by atoms with E-state index in [1.54, 1.807) is 17.3 Å². The fourth-order valence-corrected chi connectivity index (χ4v) is 4.28. The zero-order valence-electron chi connectivity index (χ0n) is 18.1. The summed E-state index contributed by atoms with van der Waals surface area (Å²) in [5.74, 6) is 0.762. The van der Waals surface area contributed by atoms with Crippen LogP contribution >= 0.6 is 11.8 Å². The van der Waals surface area contributed by atoms with Crippen molar-refractivity contribution in [3.05, 3.63) is 84.7 Å². The number of rotatable bonds is 8. The summed E-state index contributed by atoms with van der Waals surface area (Å²) in [4.78, 5) is 18.9. The van der Waals surface area contributed by atoms with Gasteiger partial charge in [0.15, 0.2) is 11.0 Å². The van der Waals surface area contributed by atoms with E-state index in [0.29, 0.717) is 17.5 Å². The molecule has 0 unspecified atom stereocenters. The molecule has 0 saturated heterocycles. The molecule has 2 aromatic heterocycles. The van der Waals surface area contributed by atoms with Crippen molar-refractivity contribution in [3.8, 4) is 23.1 Å². The summed E-state index contributed by atoms with van der Waals surface area (Å²) in [6.45, 7) is 2.37. The van der Waals surface area contributed by atoms with Gasteiger partial charge < -0.3 is 4.90 Å². The van der Waals surface area contributed by atoms with Crippen LogP contribution in [0.5, 0.6) is 0 Å². The molecule has 33 heavy (non-hydrogen) atoms. The standard InChI is InChI=1S/C25H22N6OS/c1-19-8-5-6-11-22(19)31-24(20-12-15-27-16-13-20)28-29-25(31)33-18-23(32)30(17-7-14-26)21-9-3-2-4-10-21/h2-6,8-13,15-16H,7,17-18H2,1H3. The van der Waals surface area contributed by atoms with Crippen LogP contribution in [0.25, 0.3) is 17.1 Å². The lowest BCUT2D eigenvalue weighted by Crippen LogP contribution is -2.33. The fraction of sp³-hybridized carbons (Fsp3) is 0.160. The number of hydrogen-bond donors (Lipinski definition) is 0. The van der Waals surface area contributed by atoms with Crippen molar-refractivity contribution >= 4 is 23.4 Å². The molecule has 0 fully saturated rings. The first-order chi connectivity index (χ1) is 16.2. The second-order valence-corrected chi connectivity index (χ2v) is 8.18. The van der Waals surface area contributed by atoms with Gasteiger partial charge in [0, 0.05) is 30.2 Å². The van der Waals surface area contributed by atoms with Crippen LogP contribution in [-0.2, 0) is 4.79 Å². The van der Waals surface area contributed by atoms with Crippen molar-refractivity contribution < 1.29 is 4.79 Å². The molecule has 0 bridgehead atoms. The van der Waals surface area contributed by atoms with Gasteiger partial charge >= 0.3 is 0 Å². The van der Waals surface area contributed by atoms with Crippen LogP contribution in [0.3, 0.4) is 0 Å². The normalized spacial score (nSPS) is 10.5. The monoisotopic (exact) mass is 454 g/mol. The molecule has 0 N–H and O–H groups in total. The summed E-state index contributed by atoms with van der Waals surface area (Å²) in [5, 5.41) is 18.5. The van der Waals surface area contributed by atoms with Crippen LogP contribution in [0.4, 0.5) is 5.69 Å². The molecule has 0 aliphatic heterocycles. The lowest BCUT2D eigenvalue weighted by atomic mass is 10.2. The number of pyridine rings is 1. The Bertz CT molecular complexity index is 1270. The number of thioether (sulfide) groups is 1. The summed E-state index contributed by atoms with van der Waals surface area (Å²) >= 11 is 1.33. The third-order valence-electron chi connectivity index (χ3n) is 5.07. The van der Waals surface area contributed by atoms with Gasteiger partial charge in [0.1, 0.15) is 0 Å². The van der Waals surface area contributed by atoms with Crippen LogP contribution in [0, 0.1) is 18.3 Å². The smallest absolute Gasteiger partial charge is 0.237 e. The number of carbonyl (C=O) groups is 1. The lowest BCUT2D eigenvalue weighted by molar-refractivity contribution is -0.116. The third-order valence-corrected chi connectivity index (χ3v) is 5.98. The van der Waals surface area contributed by atoms with Gasteiger partial charge in [-0.1, -0.05) is 48.2 Å². The highest BCUT2D eigenvalue weighted by Gasteiger charge is 2.21. The number of benzene rings is 2. The zero-order chi connectivity index (χ0) is 23.0. The van der Waals surface area contributed by atoms with E-state index >= 15 is 0 Å². The number of carbonyl (C=O) groups excluding carboxylic acids is 1. The van der Waals surface area contributed by atoms with Crippen LogP contribution in [0.15, 0.2) is 84.3 Å². The Morgan fingerprint density at radius 3 is 2.48 bits per heavy atom. The molecule has 2 aromatic carbocycles. The van der Waals surface area contributed by atoms with Gasteiger partial charge in [0.25, 0.3) is 0 Å². The minimum Gasteiger partial charge on any atom is -0.311 e. The second kappa shape index (κ2) is 10.6. The Labute approximate surface area is 196 Å². The maximum Gasteiger partial charge on any atom is 0.237 e. The van der Waals surface area contributed by atoms with Gasteiger partial charge in [-0.15, -0.1) is 10.2 Å². The second-order valence-electron chi connectivity index (χ2n) is 7.24. The van der Waals surface area contributed by atoms with Crippen molar-refractivity contribution in [3.63, 3.8) is 0 Å². The summed E-state index contributed by atoms with van der Waals surface area (Å²) in [6.07, 6.45) is 3.70. The molecule has 8 heteroatoms. The molecule has 0 atom stereocenters. The fourth-order valence-electron chi connectivity index (χ4n) is 3.45. The molecule has 0 aliphatic carbocycles. The van der Waals surface area contributed by atoms with Crippen molar-refractivity contribution in [1.82, 2.24) is 19.7 Å². The van der Waals surface area contributed by atoms with E-state index in [4.69, 9.17) is 5.26 Å². The number of para-hydroxylation sites is 2. The first-order valence-electron chi connectivity index (χ1n) is 10.5. The maximum absolute atomic E-state index is 13.1. The summed E-state index contributed by atoms with van der Waals surface area (Å²) < 4.78 is 1.98. The minimum atomic E-state index is -0.0914. The molecule has 2 heterocycles. The number of nitriles is 1. The Morgan fingerprint density at radius 1 is 1.03 bits per heavy atom. The van der Waals surface area contributed by atoms with E-state index in [1.807, 2.05) is 78.2 Å². The average molecular weight is 455 g/mol. The van der Waals surface area contributed by atoms with Gasteiger partial charge in [-0.25, -0.2) is 0 Å². The third kappa shape index (κ3) is 5.10. The SMILES string of the molecule is Cc1ccccc1-n1c(SCC(=O)N(CCC#N)c2ccccc2)nnc1-c1ccncc1. The number of aryl methyl sites for hydroxylation is 1. The van der Waals surface area contributed by atoms with Gasteiger partial charge in [0.2, 0.25) is 5.91 Å². The zero-order valence-corrected chi connectivity index (χ0v) is 18.9. The molecule has 0 aliphatic rings. The molecular formula is C25H22N6OS. The molecule has 164 valence electrons. The number of aromatic nitrogens is 4. The molecule has 4 aromatic rings. The lowest BCUT2D eigenvalue weighted by Gasteiger charge is -2.21. The summed E-state index contributed by atoms with van der Waals surface area (Å²) in [6, 6.07) is 23.3. The van der Waals surface area contributed by atoms with E-state index in [0.717, 1.165) is 22.5 Å². The number of anilines is 1. The molecule has 0 spiro atoms. The minimum absolute atomic E-state index is 0.0914. The van der Waals surface area contributed by atoms with Crippen molar-refractivity contribution in [2.24, 2.45) is 0 Å². The Kier molecular flexibility index (Phi) is 7.12. The number of hydrogen-bond acceptors (Lipinski definition) is 6. The Morgan fingerprint density at radius 2 is 1.76 bits per heavy atom. The summed E-state index contributed by atoms with van der Waals surface area (Å²) in [7, 11) is 0. The van der Waals surface area contributed by atoms with Crippen LogP contribution < -0.4 is 4.90 Å². The van der Waals surface area contributed by atoms with E-state index in [9.17, 15) is 4.79 Å². The van der Waals surface area contributed by atoms with Crippen LogP contribution in [-0.4, -0.2) is 38.0 Å². The van der Waals surface area contributed by atoms with Gasteiger partial charge in [-0.2, -0.15) is 5.26 Å². The molecule has 4 rings (SSSR count). The number of amides is 1. The first-order valence-corrected chi connectivity index (χ1v) is 11.4. The maximum atomic E-state index is 13.1. The van der Waals surface area contributed by atoms with E-state index in [-0.39, 0.29) is 18.1 Å². The van der Waals surface area contributed by atoms with Crippen LogP contribution in [0.1, 0.15) is 12.0 Å². The van der Waals surface area contributed by atoms with E-state index < -0.39 is 0 Å². The topological polar surface area (TPSA) is 87.7 Å². The highest BCUT2D eigenvalue weighted by molar-refractivity contribution is 7.99. The van der Waals surface area contributed by atoms with Gasteiger partial charge in [0.05, 0.1) is 23.9 Å². The van der Waals surface area contributed by atoms with Crippen LogP contribution in [0.2, 0.25) is 0 Å². The van der Waals surface area contributed by atoms with Gasteiger partial charge in [-0.05, 0) is 42.8 Å². The molecule has 7 nitrogen and oxygen atoms in total. The van der Waals surface area contributed by atoms with Crippen molar-refractivity contribution in [2.75, 3.05) is 17.2 Å². The predicted octanol–water partition coefficient (Wildman–Crippen LogP) is 4.68. The molecular weight excluding hydrogens is 432 g/mol.